The van der Waals surface area contributed by atoms with Crippen molar-refractivity contribution in [2.75, 3.05) is 11.4 Å². The Morgan fingerprint density at radius 1 is 1.09 bits per heavy atom. The van der Waals surface area contributed by atoms with Crippen LogP contribution in [0.2, 0.25) is 0 Å². The Bertz CT molecular complexity index is 965. The quantitative estimate of drug-likeness (QED) is 0.350. The Kier molecular flexibility index (Phi) is 9.32. The molecule has 192 valence electrons. The maximum absolute atomic E-state index is 15.6. The van der Waals surface area contributed by atoms with E-state index in [-0.39, 0.29) is 17.9 Å². The Hall–Kier alpha value is -2.43. The average molecular weight is 486 g/mol. The molecule has 0 saturated heterocycles. The van der Waals surface area contributed by atoms with Crippen LogP contribution in [0.3, 0.4) is 0 Å². The molecule has 3 nitrogen and oxygen atoms in total. The van der Waals surface area contributed by atoms with Crippen molar-refractivity contribution in [2.45, 2.75) is 96.9 Å². The van der Waals surface area contributed by atoms with Crippen LogP contribution in [0.25, 0.3) is 0 Å². The molecule has 1 aliphatic rings. The Labute approximate surface area is 209 Å². The van der Waals surface area contributed by atoms with Crippen molar-refractivity contribution < 1.29 is 18.7 Å². The second kappa shape index (κ2) is 12.0. The lowest BCUT2D eigenvalue weighted by atomic mass is 9.88. The number of carboxylic acids is 1. The number of hydrogen-bond acceptors (Lipinski definition) is 2. The van der Waals surface area contributed by atoms with Crippen molar-refractivity contribution in [2.24, 2.45) is 5.92 Å². The van der Waals surface area contributed by atoms with Gasteiger partial charge in [0.05, 0.1) is 6.42 Å². The lowest BCUT2D eigenvalue weighted by molar-refractivity contribution is -0.137. The fourth-order valence-corrected chi connectivity index (χ4v) is 5.36. The van der Waals surface area contributed by atoms with Gasteiger partial charge in [0.2, 0.25) is 0 Å². The zero-order valence-electron chi connectivity index (χ0n) is 21.7. The number of carbonyl (C=O) groups is 1. The van der Waals surface area contributed by atoms with E-state index < -0.39 is 18.3 Å². The van der Waals surface area contributed by atoms with Gasteiger partial charge in [0.15, 0.2) is 0 Å². The fraction of sp³-hybridized carbons (Fsp3) is 0.567. The first kappa shape index (κ1) is 27.2. The maximum Gasteiger partial charge on any atom is 0.303 e. The Morgan fingerprint density at radius 3 is 2.31 bits per heavy atom. The van der Waals surface area contributed by atoms with Gasteiger partial charge in [-0.05, 0) is 55.2 Å². The van der Waals surface area contributed by atoms with Crippen LogP contribution in [0.1, 0.15) is 93.9 Å². The number of benzene rings is 2. The van der Waals surface area contributed by atoms with E-state index in [1.54, 1.807) is 12.1 Å². The summed E-state index contributed by atoms with van der Waals surface area (Å²) in [7, 11) is 0. The predicted molar refractivity (Wildman–Crippen MR) is 140 cm³/mol. The van der Waals surface area contributed by atoms with E-state index in [1.807, 2.05) is 32.0 Å². The molecule has 0 bridgehead atoms. The summed E-state index contributed by atoms with van der Waals surface area (Å²) < 4.78 is 31.3. The zero-order valence-corrected chi connectivity index (χ0v) is 21.7. The average Bonchev–Trinajstić information content (AvgIpc) is 2.81. The van der Waals surface area contributed by atoms with Crippen molar-refractivity contribution in [3.63, 3.8) is 0 Å². The largest absolute Gasteiger partial charge is 0.481 e. The summed E-state index contributed by atoms with van der Waals surface area (Å²) in [5.74, 6) is -3.68. The van der Waals surface area contributed by atoms with E-state index in [0.29, 0.717) is 23.9 Å². The highest BCUT2D eigenvalue weighted by Gasteiger charge is 2.34. The van der Waals surface area contributed by atoms with E-state index in [2.05, 4.69) is 18.7 Å². The number of rotatable bonds is 11. The van der Waals surface area contributed by atoms with E-state index in [0.717, 1.165) is 36.2 Å². The van der Waals surface area contributed by atoms with Crippen molar-refractivity contribution in [1.82, 2.24) is 0 Å². The number of aliphatic carboxylic acids is 1. The molecular weight excluding hydrogens is 444 g/mol. The number of anilines is 1. The van der Waals surface area contributed by atoms with Crippen LogP contribution in [-0.4, -0.2) is 23.7 Å². The standard InChI is InChI=1S/C30H41F2NO2/c1-5-23(18-29(34)35)24-13-16-28(33(20-21(2)3)27-9-7-6-8-10-27)25(17-24)19-30(31,32)26-14-11-22(4)12-15-26/h11-17,21,23,27H,5-10,18-20H2,1-4H3,(H,34,35). The minimum Gasteiger partial charge on any atom is -0.481 e. The van der Waals surface area contributed by atoms with Gasteiger partial charge in [-0.3, -0.25) is 4.79 Å². The molecule has 2 aromatic carbocycles. The van der Waals surface area contributed by atoms with Crippen LogP contribution < -0.4 is 4.90 Å². The van der Waals surface area contributed by atoms with Gasteiger partial charge in [-0.25, -0.2) is 8.78 Å². The number of hydrogen-bond donors (Lipinski definition) is 1. The smallest absolute Gasteiger partial charge is 0.303 e. The fourth-order valence-electron chi connectivity index (χ4n) is 5.36. The van der Waals surface area contributed by atoms with E-state index in [1.165, 1.54) is 31.4 Å². The lowest BCUT2D eigenvalue weighted by Crippen LogP contribution is -2.40. The number of carboxylic acid groups (broad SMARTS) is 1. The summed E-state index contributed by atoms with van der Waals surface area (Å²) in [4.78, 5) is 13.8. The SMILES string of the molecule is CCC(CC(=O)O)c1ccc(N(CC(C)C)C2CCCCC2)c(CC(F)(F)c2ccc(C)cc2)c1. The van der Waals surface area contributed by atoms with Crippen molar-refractivity contribution >= 4 is 11.7 Å². The van der Waals surface area contributed by atoms with Gasteiger partial charge in [-0.1, -0.05) is 82.0 Å². The summed E-state index contributed by atoms with van der Waals surface area (Å²) >= 11 is 0. The first-order valence-electron chi connectivity index (χ1n) is 13.2. The van der Waals surface area contributed by atoms with Gasteiger partial charge in [0, 0.05) is 30.3 Å². The third-order valence-electron chi connectivity index (χ3n) is 7.26. The van der Waals surface area contributed by atoms with Crippen LogP contribution in [-0.2, 0) is 17.1 Å². The summed E-state index contributed by atoms with van der Waals surface area (Å²) in [5, 5.41) is 9.39. The van der Waals surface area contributed by atoms with Crippen LogP contribution in [0.4, 0.5) is 14.5 Å². The summed E-state index contributed by atoms with van der Waals surface area (Å²) in [6.45, 7) is 9.01. The predicted octanol–water partition coefficient (Wildman–Crippen LogP) is 8.09. The van der Waals surface area contributed by atoms with Crippen LogP contribution >= 0.6 is 0 Å². The Balaban J connectivity index is 2.07. The summed E-state index contributed by atoms with van der Waals surface area (Å²) in [5.41, 5.74) is 3.30. The van der Waals surface area contributed by atoms with Crippen LogP contribution in [0.15, 0.2) is 42.5 Å². The topological polar surface area (TPSA) is 40.5 Å². The van der Waals surface area contributed by atoms with Crippen molar-refractivity contribution in [1.29, 1.82) is 0 Å². The molecule has 3 rings (SSSR count). The minimum atomic E-state index is -3.02. The molecule has 1 unspecified atom stereocenters. The molecule has 35 heavy (non-hydrogen) atoms. The molecule has 0 aromatic heterocycles. The first-order chi connectivity index (χ1) is 16.6. The molecule has 0 spiro atoms. The minimum absolute atomic E-state index is 0.00196. The van der Waals surface area contributed by atoms with Gasteiger partial charge in [0.1, 0.15) is 0 Å². The number of nitrogens with zero attached hydrogens (tertiary/aromatic N) is 1. The van der Waals surface area contributed by atoms with Gasteiger partial charge >= 0.3 is 5.97 Å². The summed E-state index contributed by atoms with van der Waals surface area (Å²) in [6, 6.07) is 12.7. The van der Waals surface area contributed by atoms with Gasteiger partial charge in [0.25, 0.3) is 5.92 Å². The second-order valence-electron chi connectivity index (χ2n) is 10.7. The number of alkyl halides is 2. The molecule has 0 radical (unpaired) electrons. The van der Waals surface area contributed by atoms with Crippen molar-refractivity contribution in [3.8, 4) is 0 Å². The monoisotopic (exact) mass is 485 g/mol. The first-order valence-corrected chi connectivity index (χ1v) is 13.2. The van der Waals surface area contributed by atoms with E-state index in [9.17, 15) is 9.90 Å². The second-order valence-corrected chi connectivity index (χ2v) is 10.7. The molecule has 1 aliphatic carbocycles. The molecular formula is C30H41F2NO2. The lowest BCUT2D eigenvalue weighted by Gasteiger charge is -2.39. The molecule has 1 fully saturated rings. The Morgan fingerprint density at radius 2 is 1.74 bits per heavy atom. The highest BCUT2D eigenvalue weighted by Crippen LogP contribution is 2.39. The molecule has 1 atom stereocenters. The molecule has 0 heterocycles. The molecule has 1 saturated carbocycles. The van der Waals surface area contributed by atoms with Gasteiger partial charge in [-0.2, -0.15) is 0 Å². The van der Waals surface area contributed by atoms with Crippen LogP contribution in [0.5, 0.6) is 0 Å². The van der Waals surface area contributed by atoms with E-state index in [4.69, 9.17) is 0 Å². The highest BCUT2D eigenvalue weighted by atomic mass is 19.3. The van der Waals surface area contributed by atoms with Crippen molar-refractivity contribution in [3.05, 3.63) is 64.7 Å². The molecule has 5 heteroatoms. The molecule has 2 aromatic rings. The third kappa shape index (κ3) is 7.28. The molecule has 1 N–H and O–H groups in total. The maximum atomic E-state index is 15.6. The van der Waals surface area contributed by atoms with Gasteiger partial charge in [-0.15, -0.1) is 0 Å². The number of halogens is 2. The molecule has 0 aliphatic heterocycles. The normalized spacial score (nSPS) is 15.9. The highest BCUT2D eigenvalue weighted by molar-refractivity contribution is 5.68. The molecule has 0 amide bonds. The zero-order chi connectivity index (χ0) is 25.6. The number of aryl methyl sites for hydroxylation is 1. The third-order valence-corrected chi connectivity index (χ3v) is 7.26. The summed E-state index contributed by atoms with van der Waals surface area (Å²) in [6.07, 6.45) is 5.99. The van der Waals surface area contributed by atoms with Crippen LogP contribution in [0, 0.1) is 12.8 Å². The van der Waals surface area contributed by atoms with Gasteiger partial charge < -0.3 is 10.0 Å². The van der Waals surface area contributed by atoms with E-state index >= 15 is 8.78 Å².